The summed E-state index contributed by atoms with van der Waals surface area (Å²) in [5.74, 6) is 0. The molecule has 0 rings (SSSR count). The van der Waals surface area contributed by atoms with Crippen LogP contribution in [0.3, 0.4) is 0 Å². The monoisotopic (exact) mass is 87.1 g/mol. The molecule has 5 heavy (non-hydrogen) atoms. The zero-order chi connectivity index (χ0) is 4.12. The summed E-state index contributed by atoms with van der Waals surface area (Å²) in [6.07, 6.45) is 2.43. The fraction of sp³-hybridized carbons (Fsp3) is 1.00. The van der Waals surface area contributed by atoms with Crippen molar-refractivity contribution in [2.75, 3.05) is 6.16 Å². The second-order valence-electron chi connectivity index (χ2n) is 0.986. The highest BCUT2D eigenvalue weighted by Crippen LogP contribution is 1.84. The van der Waals surface area contributed by atoms with E-state index in [4.69, 9.17) is 0 Å². The van der Waals surface area contributed by atoms with Gasteiger partial charge in [0.2, 0.25) is 0 Å². The first-order chi connectivity index (χ1) is 2.41. The van der Waals surface area contributed by atoms with Crippen LogP contribution in [0.4, 0.5) is 0 Å². The number of hydrogen-bond acceptors (Lipinski definition) is 0. The van der Waals surface area contributed by atoms with Crippen molar-refractivity contribution in [1.29, 1.82) is 0 Å². The maximum absolute atomic E-state index is 2.67. The van der Waals surface area contributed by atoms with Crippen molar-refractivity contribution in [3.05, 3.63) is 0 Å². The van der Waals surface area contributed by atoms with E-state index in [0.29, 0.717) is 0 Å². The first kappa shape index (κ1) is 5.49. The molecule has 0 aromatic rings. The molecule has 0 saturated heterocycles. The highest BCUT2D eigenvalue weighted by molar-refractivity contribution is 7.16. The third-order valence-electron chi connectivity index (χ3n) is 0.455. The van der Waals surface area contributed by atoms with Crippen LogP contribution in [0.15, 0.2) is 0 Å². The number of hydrogen-bond donors (Lipinski definition) is 0. The Bertz CT molecular complexity index is 14.4. The quantitative estimate of drug-likeness (QED) is 0.348. The Balaban J connectivity index is 2.19. The van der Waals surface area contributed by atoms with E-state index < -0.39 is 0 Å². The van der Waals surface area contributed by atoms with E-state index in [9.17, 15) is 0 Å². The van der Waals surface area contributed by atoms with Crippen LogP contribution in [0.5, 0.6) is 0 Å². The Labute approximate surface area is 36.8 Å². The SMILES string of the molecule is C[B]CCP. The fourth-order valence-corrected chi connectivity index (χ4v) is 0.500. The topological polar surface area (TPSA) is 0 Å². The normalized spacial score (nSPS) is 7.60. The van der Waals surface area contributed by atoms with Gasteiger partial charge in [-0.05, 0) is 6.16 Å². The molecule has 2 heteroatoms. The summed E-state index contributed by atoms with van der Waals surface area (Å²) in [5, 5.41) is 0. The lowest BCUT2D eigenvalue weighted by Crippen LogP contribution is -1.77. The van der Waals surface area contributed by atoms with Crippen LogP contribution < -0.4 is 0 Å². The molecule has 0 spiro atoms. The summed E-state index contributed by atoms with van der Waals surface area (Å²) in [6.45, 7) is 2.07. The largest absolute Gasteiger partial charge is 0.138 e. The predicted molar refractivity (Wildman–Crippen MR) is 31.0 cm³/mol. The molecular formula is C3H9BP. The molecule has 1 unspecified atom stereocenters. The van der Waals surface area contributed by atoms with Crippen molar-refractivity contribution in [3.8, 4) is 0 Å². The summed E-state index contributed by atoms with van der Waals surface area (Å²) >= 11 is 0. The van der Waals surface area contributed by atoms with Crippen molar-refractivity contribution in [2.45, 2.75) is 13.1 Å². The summed E-state index contributed by atoms with van der Waals surface area (Å²) in [6, 6.07) is 0. The van der Waals surface area contributed by atoms with Gasteiger partial charge in [-0.1, -0.05) is 13.1 Å². The molecule has 0 fully saturated rings. The molecule has 0 heterocycles. The Morgan fingerprint density at radius 1 is 1.80 bits per heavy atom. The lowest BCUT2D eigenvalue weighted by Gasteiger charge is -1.77. The Morgan fingerprint density at radius 3 is 2.40 bits per heavy atom. The minimum absolute atomic E-state index is 1.20. The molecule has 0 aliphatic heterocycles. The molecule has 0 bridgehead atoms. The lowest BCUT2D eigenvalue weighted by atomic mass is 9.79. The van der Waals surface area contributed by atoms with E-state index in [-0.39, 0.29) is 0 Å². The fourth-order valence-electron chi connectivity index (χ4n) is 0.167. The van der Waals surface area contributed by atoms with E-state index in [2.05, 4.69) is 23.3 Å². The zero-order valence-electron chi connectivity index (χ0n) is 3.57. The smallest absolute Gasteiger partial charge is 0.106 e. The Kier molecular flexibility index (Phi) is 4.94. The molecule has 0 aliphatic rings. The minimum Gasteiger partial charge on any atom is -0.138 e. The van der Waals surface area contributed by atoms with Gasteiger partial charge in [-0.25, -0.2) is 0 Å². The summed E-state index contributed by atoms with van der Waals surface area (Å²) in [5.41, 5.74) is 0. The predicted octanol–water partition coefficient (Wildman–Crippen LogP) is 1.03. The van der Waals surface area contributed by atoms with E-state index in [1.165, 1.54) is 12.5 Å². The average molecular weight is 86.9 g/mol. The van der Waals surface area contributed by atoms with Crippen LogP contribution in [0.1, 0.15) is 0 Å². The highest BCUT2D eigenvalue weighted by atomic mass is 31.0. The average Bonchev–Trinajstić information content (AvgIpc) is 1.41. The molecule has 0 aliphatic carbocycles. The molecule has 0 aromatic carbocycles. The van der Waals surface area contributed by atoms with Gasteiger partial charge < -0.3 is 0 Å². The maximum atomic E-state index is 2.67. The van der Waals surface area contributed by atoms with Crippen molar-refractivity contribution in [2.24, 2.45) is 0 Å². The van der Waals surface area contributed by atoms with Gasteiger partial charge in [0.1, 0.15) is 7.28 Å². The highest BCUT2D eigenvalue weighted by Gasteiger charge is 1.71. The first-order valence-corrected chi connectivity index (χ1v) is 2.71. The van der Waals surface area contributed by atoms with Gasteiger partial charge in [0.15, 0.2) is 0 Å². The van der Waals surface area contributed by atoms with Gasteiger partial charge in [-0.3, -0.25) is 0 Å². The van der Waals surface area contributed by atoms with E-state index in [0.717, 1.165) is 0 Å². The second-order valence-corrected chi connectivity index (χ2v) is 1.56. The van der Waals surface area contributed by atoms with Gasteiger partial charge in [0.25, 0.3) is 0 Å². The third kappa shape index (κ3) is 4.49. The van der Waals surface area contributed by atoms with Gasteiger partial charge >= 0.3 is 0 Å². The van der Waals surface area contributed by atoms with Gasteiger partial charge in [0, 0.05) is 0 Å². The van der Waals surface area contributed by atoms with Crippen molar-refractivity contribution >= 4 is 16.5 Å². The Hall–Kier alpha value is 0.495. The third-order valence-corrected chi connectivity index (χ3v) is 0.789. The summed E-state index contributed by atoms with van der Waals surface area (Å²) in [4.78, 5) is 0. The van der Waals surface area contributed by atoms with Gasteiger partial charge in [-0.2, -0.15) is 0 Å². The molecular weight excluding hydrogens is 77.8 g/mol. The van der Waals surface area contributed by atoms with Crippen LogP contribution in [-0.2, 0) is 0 Å². The van der Waals surface area contributed by atoms with E-state index in [1.54, 1.807) is 0 Å². The van der Waals surface area contributed by atoms with Crippen LogP contribution in [0.25, 0.3) is 0 Å². The standard InChI is InChI=1S/C3H9BP/c1-4-2-3-5/h2-3,5H2,1H3. The Morgan fingerprint density at radius 2 is 2.40 bits per heavy atom. The van der Waals surface area contributed by atoms with E-state index in [1.807, 2.05) is 0 Å². The number of rotatable bonds is 2. The van der Waals surface area contributed by atoms with Crippen molar-refractivity contribution < 1.29 is 0 Å². The van der Waals surface area contributed by atoms with Gasteiger partial charge in [0.05, 0.1) is 0 Å². The second kappa shape index (κ2) is 4.49. The minimum atomic E-state index is 1.20. The molecule has 1 atom stereocenters. The molecule has 1 radical (unpaired) electrons. The van der Waals surface area contributed by atoms with E-state index >= 15 is 0 Å². The first-order valence-electron chi connectivity index (χ1n) is 1.89. The summed E-state index contributed by atoms with van der Waals surface area (Å²) < 4.78 is 0. The van der Waals surface area contributed by atoms with Crippen molar-refractivity contribution in [1.82, 2.24) is 0 Å². The van der Waals surface area contributed by atoms with Crippen LogP contribution in [-0.4, -0.2) is 13.4 Å². The van der Waals surface area contributed by atoms with Gasteiger partial charge in [-0.15, -0.1) is 9.24 Å². The zero-order valence-corrected chi connectivity index (χ0v) is 4.72. The molecule has 0 aromatic heterocycles. The molecule has 0 N–H and O–H groups in total. The summed E-state index contributed by atoms with van der Waals surface area (Å²) in [7, 11) is 4.83. The van der Waals surface area contributed by atoms with Crippen molar-refractivity contribution in [3.63, 3.8) is 0 Å². The molecule has 0 amide bonds. The molecule has 0 nitrogen and oxygen atoms in total. The lowest BCUT2D eigenvalue weighted by molar-refractivity contribution is 1.48. The maximum Gasteiger partial charge on any atom is 0.106 e. The van der Waals surface area contributed by atoms with Crippen LogP contribution in [0.2, 0.25) is 13.1 Å². The molecule has 29 valence electrons. The van der Waals surface area contributed by atoms with Crippen LogP contribution >= 0.6 is 9.24 Å². The molecule has 0 saturated carbocycles. The van der Waals surface area contributed by atoms with Crippen LogP contribution in [0, 0.1) is 0 Å².